The summed E-state index contributed by atoms with van der Waals surface area (Å²) in [6.45, 7) is 1.92. The number of benzene rings is 3. The molecule has 37 heavy (non-hydrogen) atoms. The van der Waals surface area contributed by atoms with E-state index < -0.39 is 29.5 Å². The number of rotatable bonds is 7. The summed E-state index contributed by atoms with van der Waals surface area (Å²) in [5, 5.41) is 11.5. The molecule has 1 unspecified atom stereocenters. The number of carbonyl (C=O) groups excluding carboxylic acids is 3. The quantitative estimate of drug-likeness (QED) is 0.198. The average molecular weight is 522 g/mol. The summed E-state index contributed by atoms with van der Waals surface area (Å²) in [6, 6.07) is 16.6. The molecule has 3 aromatic carbocycles. The Morgan fingerprint density at radius 1 is 0.973 bits per heavy atom. The molecule has 0 radical (unpaired) electrons. The molecule has 1 aliphatic heterocycles. The van der Waals surface area contributed by atoms with E-state index in [1.807, 2.05) is 0 Å². The van der Waals surface area contributed by atoms with Crippen LogP contribution in [0.4, 0.5) is 5.69 Å². The van der Waals surface area contributed by atoms with Gasteiger partial charge in [-0.1, -0.05) is 23.7 Å². The van der Waals surface area contributed by atoms with Gasteiger partial charge in [0, 0.05) is 11.3 Å². The van der Waals surface area contributed by atoms with Crippen molar-refractivity contribution in [1.29, 1.82) is 0 Å². The van der Waals surface area contributed by atoms with Crippen LogP contribution in [0.5, 0.6) is 11.5 Å². The molecule has 8 nitrogen and oxygen atoms in total. The molecular formula is C28H24ClNO7. The normalized spacial score (nSPS) is 16.5. The zero-order valence-corrected chi connectivity index (χ0v) is 21.1. The number of amides is 1. The third-order valence-electron chi connectivity index (χ3n) is 5.94. The molecule has 1 aliphatic rings. The van der Waals surface area contributed by atoms with Crippen molar-refractivity contribution in [2.24, 2.45) is 0 Å². The highest BCUT2D eigenvalue weighted by atomic mass is 35.5. The second kappa shape index (κ2) is 10.8. The van der Waals surface area contributed by atoms with E-state index in [0.717, 1.165) is 0 Å². The van der Waals surface area contributed by atoms with Crippen LogP contribution in [0, 0.1) is 0 Å². The van der Waals surface area contributed by atoms with E-state index in [9.17, 15) is 19.5 Å². The van der Waals surface area contributed by atoms with Gasteiger partial charge in [0.2, 0.25) is 0 Å². The molecule has 4 rings (SSSR count). The Kier molecular flexibility index (Phi) is 7.50. The van der Waals surface area contributed by atoms with Crippen molar-refractivity contribution in [3.8, 4) is 11.5 Å². The molecule has 1 fully saturated rings. The maximum Gasteiger partial charge on any atom is 0.338 e. The van der Waals surface area contributed by atoms with Crippen molar-refractivity contribution in [2.75, 3.05) is 25.7 Å². The SMILES string of the molecule is CCOC(=O)c1ccc(N2C(=O)C(=O)/C(=C(/O)c3cc(OC)ccc3Cl)C2c2cccc(OC)c2)cc1. The van der Waals surface area contributed by atoms with E-state index in [-0.39, 0.29) is 22.8 Å². The van der Waals surface area contributed by atoms with Crippen LogP contribution in [-0.4, -0.2) is 43.6 Å². The number of anilines is 1. The largest absolute Gasteiger partial charge is 0.507 e. The zero-order chi connectivity index (χ0) is 26.7. The summed E-state index contributed by atoms with van der Waals surface area (Å²) >= 11 is 6.35. The third kappa shape index (κ3) is 4.88. The smallest absolute Gasteiger partial charge is 0.338 e. The number of Topliss-reactive ketones (excluding diaryl/α,β-unsaturated/α-hetero) is 1. The molecule has 190 valence electrons. The molecule has 1 heterocycles. The molecule has 1 amide bonds. The van der Waals surface area contributed by atoms with Crippen LogP contribution in [0.25, 0.3) is 5.76 Å². The van der Waals surface area contributed by atoms with Crippen LogP contribution in [0.2, 0.25) is 5.02 Å². The van der Waals surface area contributed by atoms with Crippen LogP contribution in [-0.2, 0) is 14.3 Å². The second-order valence-corrected chi connectivity index (χ2v) is 8.47. The highest BCUT2D eigenvalue weighted by Gasteiger charge is 2.47. The number of hydrogen-bond acceptors (Lipinski definition) is 7. The van der Waals surface area contributed by atoms with Gasteiger partial charge in [0.25, 0.3) is 11.7 Å². The summed E-state index contributed by atoms with van der Waals surface area (Å²) in [7, 11) is 2.96. The van der Waals surface area contributed by atoms with Gasteiger partial charge in [0.05, 0.1) is 43.0 Å². The maximum atomic E-state index is 13.4. The molecule has 0 aromatic heterocycles. The van der Waals surface area contributed by atoms with Crippen molar-refractivity contribution in [1.82, 2.24) is 0 Å². The minimum Gasteiger partial charge on any atom is -0.507 e. The van der Waals surface area contributed by atoms with E-state index in [4.69, 9.17) is 25.8 Å². The lowest BCUT2D eigenvalue weighted by Gasteiger charge is -2.26. The fourth-order valence-electron chi connectivity index (χ4n) is 4.16. The summed E-state index contributed by atoms with van der Waals surface area (Å²) in [5.41, 5.74) is 1.16. The van der Waals surface area contributed by atoms with Gasteiger partial charge in [-0.3, -0.25) is 14.5 Å². The van der Waals surface area contributed by atoms with Crippen LogP contribution in [0.1, 0.15) is 34.5 Å². The Hall–Kier alpha value is -4.30. The Balaban J connectivity index is 1.91. The lowest BCUT2D eigenvalue weighted by Crippen LogP contribution is -2.29. The minimum absolute atomic E-state index is 0.143. The highest BCUT2D eigenvalue weighted by molar-refractivity contribution is 6.52. The number of nitrogens with zero attached hydrogens (tertiary/aromatic N) is 1. The average Bonchev–Trinajstić information content (AvgIpc) is 3.19. The third-order valence-corrected chi connectivity index (χ3v) is 6.27. The van der Waals surface area contributed by atoms with E-state index >= 15 is 0 Å². The number of halogens is 1. The van der Waals surface area contributed by atoms with E-state index in [2.05, 4.69) is 0 Å². The molecule has 1 N–H and O–H groups in total. The predicted molar refractivity (Wildman–Crippen MR) is 138 cm³/mol. The lowest BCUT2D eigenvalue weighted by molar-refractivity contribution is -0.132. The number of ether oxygens (including phenoxy) is 3. The molecule has 0 aliphatic carbocycles. The van der Waals surface area contributed by atoms with Crippen molar-refractivity contribution in [3.05, 3.63) is 94.0 Å². The fraction of sp³-hybridized carbons (Fsp3) is 0.179. The summed E-state index contributed by atoms with van der Waals surface area (Å²) in [6.07, 6.45) is 0. The van der Waals surface area contributed by atoms with Gasteiger partial charge in [0.1, 0.15) is 17.3 Å². The Morgan fingerprint density at radius 3 is 2.30 bits per heavy atom. The predicted octanol–water partition coefficient (Wildman–Crippen LogP) is 5.16. The topological polar surface area (TPSA) is 102 Å². The number of aliphatic hydroxyl groups excluding tert-OH is 1. The number of esters is 1. The highest BCUT2D eigenvalue weighted by Crippen LogP contribution is 2.44. The van der Waals surface area contributed by atoms with Crippen LogP contribution in [0.15, 0.2) is 72.3 Å². The monoisotopic (exact) mass is 521 g/mol. The Labute approximate surface area is 218 Å². The fourth-order valence-corrected chi connectivity index (χ4v) is 4.36. The summed E-state index contributed by atoms with van der Waals surface area (Å²) in [4.78, 5) is 40.1. The molecule has 0 bridgehead atoms. The van der Waals surface area contributed by atoms with Crippen molar-refractivity contribution < 1.29 is 33.7 Å². The zero-order valence-electron chi connectivity index (χ0n) is 20.4. The van der Waals surface area contributed by atoms with Gasteiger partial charge >= 0.3 is 5.97 Å². The molecule has 9 heteroatoms. The van der Waals surface area contributed by atoms with Crippen molar-refractivity contribution in [3.63, 3.8) is 0 Å². The molecule has 0 saturated carbocycles. The van der Waals surface area contributed by atoms with Crippen LogP contribution >= 0.6 is 11.6 Å². The number of methoxy groups -OCH3 is 2. The van der Waals surface area contributed by atoms with Crippen molar-refractivity contribution >= 4 is 40.7 Å². The van der Waals surface area contributed by atoms with E-state index in [0.29, 0.717) is 28.3 Å². The molecule has 3 aromatic rings. The first-order chi connectivity index (χ1) is 17.8. The van der Waals surface area contributed by atoms with E-state index in [1.54, 1.807) is 49.4 Å². The standard InChI is InChI=1S/C28H24ClNO7/c1-4-37-28(34)16-8-10-18(11-9-16)30-24(17-6-5-7-19(14-17)35-2)23(26(32)27(30)33)25(31)21-15-20(36-3)12-13-22(21)29/h5-15,24,31H,4H2,1-3H3/b25-23+. The lowest BCUT2D eigenvalue weighted by atomic mass is 9.94. The second-order valence-electron chi connectivity index (χ2n) is 8.06. The van der Waals surface area contributed by atoms with Crippen LogP contribution < -0.4 is 14.4 Å². The first kappa shape index (κ1) is 25.8. The van der Waals surface area contributed by atoms with Gasteiger partial charge in [0.15, 0.2) is 0 Å². The number of ketones is 1. The minimum atomic E-state index is -1.01. The molecular weight excluding hydrogens is 498 g/mol. The van der Waals surface area contributed by atoms with Gasteiger partial charge in [-0.2, -0.15) is 0 Å². The Bertz CT molecular complexity index is 1400. The van der Waals surface area contributed by atoms with Crippen LogP contribution in [0.3, 0.4) is 0 Å². The number of carbonyl (C=O) groups is 3. The summed E-state index contributed by atoms with van der Waals surface area (Å²) in [5.74, 6) is -1.78. The summed E-state index contributed by atoms with van der Waals surface area (Å²) < 4.78 is 15.6. The molecule has 0 spiro atoms. The van der Waals surface area contributed by atoms with Gasteiger partial charge < -0.3 is 19.3 Å². The number of aliphatic hydroxyl groups is 1. The van der Waals surface area contributed by atoms with Crippen molar-refractivity contribution in [2.45, 2.75) is 13.0 Å². The number of hydrogen-bond donors (Lipinski definition) is 1. The van der Waals surface area contributed by atoms with Gasteiger partial charge in [-0.05, 0) is 67.1 Å². The molecule has 1 atom stereocenters. The molecule has 1 saturated heterocycles. The van der Waals surface area contributed by atoms with Gasteiger partial charge in [-0.25, -0.2) is 4.79 Å². The Morgan fingerprint density at radius 2 is 1.65 bits per heavy atom. The van der Waals surface area contributed by atoms with Gasteiger partial charge in [-0.15, -0.1) is 0 Å². The van der Waals surface area contributed by atoms with E-state index in [1.165, 1.54) is 43.4 Å². The first-order valence-electron chi connectivity index (χ1n) is 11.4. The first-order valence-corrected chi connectivity index (χ1v) is 11.7. The maximum absolute atomic E-state index is 13.4.